The van der Waals surface area contributed by atoms with Crippen molar-refractivity contribution in [3.8, 4) is 0 Å². The van der Waals surface area contributed by atoms with Crippen molar-refractivity contribution in [3.05, 3.63) is 0 Å². The number of carbonyl (C=O) groups is 1. The third kappa shape index (κ3) is 5.33. The summed E-state index contributed by atoms with van der Waals surface area (Å²) in [4.78, 5) is 13.7. The molecule has 1 fully saturated rings. The summed E-state index contributed by atoms with van der Waals surface area (Å²) in [5.74, 6) is 0.0735. The molecule has 0 aromatic heterocycles. The molecule has 0 bridgehead atoms. The molecule has 0 radical (unpaired) electrons. The van der Waals surface area contributed by atoms with E-state index >= 15 is 0 Å². The van der Waals surface area contributed by atoms with Gasteiger partial charge in [0.15, 0.2) is 0 Å². The summed E-state index contributed by atoms with van der Waals surface area (Å²) in [5, 5.41) is 2.82. The van der Waals surface area contributed by atoms with Crippen molar-refractivity contribution in [1.82, 2.24) is 10.2 Å². The van der Waals surface area contributed by atoms with Crippen molar-refractivity contribution in [2.75, 3.05) is 33.3 Å². The molecule has 106 valence electrons. The van der Waals surface area contributed by atoms with E-state index in [1.807, 2.05) is 14.0 Å². The van der Waals surface area contributed by atoms with Gasteiger partial charge >= 0.3 is 0 Å². The van der Waals surface area contributed by atoms with Gasteiger partial charge in [0, 0.05) is 38.7 Å². The molecule has 1 aliphatic heterocycles. The second-order valence-electron chi connectivity index (χ2n) is 4.98. The molecule has 3 N–H and O–H groups in total. The summed E-state index contributed by atoms with van der Waals surface area (Å²) in [6.45, 7) is 4.82. The van der Waals surface area contributed by atoms with Crippen LogP contribution in [-0.4, -0.2) is 56.2 Å². The first-order valence-electron chi connectivity index (χ1n) is 6.96. The molecule has 18 heavy (non-hydrogen) atoms. The van der Waals surface area contributed by atoms with E-state index in [4.69, 9.17) is 10.5 Å². The Hall–Kier alpha value is -0.650. The minimum atomic E-state index is 0.0735. The molecule has 2 unspecified atom stereocenters. The molecule has 1 aliphatic rings. The molecule has 0 aromatic rings. The van der Waals surface area contributed by atoms with Gasteiger partial charge in [-0.1, -0.05) is 0 Å². The van der Waals surface area contributed by atoms with Gasteiger partial charge in [-0.15, -0.1) is 0 Å². The van der Waals surface area contributed by atoms with Crippen molar-refractivity contribution < 1.29 is 9.53 Å². The van der Waals surface area contributed by atoms with Gasteiger partial charge in [0.1, 0.15) is 0 Å². The zero-order valence-corrected chi connectivity index (χ0v) is 11.7. The van der Waals surface area contributed by atoms with Crippen molar-refractivity contribution in [2.24, 2.45) is 5.73 Å². The topological polar surface area (TPSA) is 67.6 Å². The summed E-state index contributed by atoms with van der Waals surface area (Å²) < 4.78 is 5.71. The highest BCUT2D eigenvalue weighted by Gasteiger charge is 2.21. The van der Waals surface area contributed by atoms with Gasteiger partial charge in [-0.05, 0) is 33.2 Å². The third-order valence-electron chi connectivity index (χ3n) is 3.46. The van der Waals surface area contributed by atoms with Crippen molar-refractivity contribution >= 4 is 5.91 Å². The number of nitrogens with zero attached hydrogens (tertiary/aromatic N) is 1. The Morgan fingerprint density at radius 1 is 1.56 bits per heavy atom. The number of amides is 1. The van der Waals surface area contributed by atoms with E-state index in [1.165, 1.54) is 12.8 Å². The highest BCUT2D eigenvalue weighted by Crippen LogP contribution is 2.14. The Bertz CT molecular complexity index is 242. The Labute approximate surface area is 110 Å². The van der Waals surface area contributed by atoms with Crippen LogP contribution in [0.4, 0.5) is 0 Å². The molecule has 0 aromatic carbocycles. The second kappa shape index (κ2) is 8.45. The summed E-state index contributed by atoms with van der Waals surface area (Å²) in [6, 6.07) is 0.0991. The average molecular weight is 257 g/mol. The Kier molecular flexibility index (Phi) is 7.23. The molecule has 1 rings (SSSR count). The van der Waals surface area contributed by atoms with Gasteiger partial charge in [0.2, 0.25) is 5.91 Å². The van der Waals surface area contributed by atoms with Gasteiger partial charge in [-0.25, -0.2) is 0 Å². The van der Waals surface area contributed by atoms with Crippen LogP contribution in [0.2, 0.25) is 0 Å². The molecule has 5 heteroatoms. The number of hydrogen-bond donors (Lipinski definition) is 2. The number of hydrogen-bond acceptors (Lipinski definition) is 4. The van der Waals surface area contributed by atoms with Crippen LogP contribution in [-0.2, 0) is 9.53 Å². The van der Waals surface area contributed by atoms with Crippen molar-refractivity contribution in [3.63, 3.8) is 0 Å². The maximum atomic E-state index is 11.6. The van der Waals surface area contributed by atoms with Crippen LogP contribution in [0.3, 0.4) is 0 Å². The van der Waals surface area contributed by atoms with Crippen LogP contribution in [0, 0.1) is 0 Å². The van der Waals surface area contributed by atoms with E-state index in [2.05, 4.69) is 10.2 Å². The van der Waals surface area contributed by atoms with Crippen LogP contribution in [0.15, 0.2) is 0 Å². The zero-order valence-electron chi connectivity index (χ0n) is 11.7. The van der Waals surface area contributed by atoms with Crippen LogP contribution < -0.4 is 11.1 Å². The second-order valence-corrected chi connectivity index (χ2v) is 4.98. The number of rotatable bonds is 7. The Morgan fingerprint density at radius 2 is 2.33 bits per heavy atom. The number of carbonyl (C=O) groups excluding carboxylic acids is 1. The molecular weight excluding hydrogens is 230 g/mol. The molecule has 2 atom stereocenters. The smallest absolute Gasteiger partial charge is 0.221 e. The summed E-state index contributed by atoms with van der Waals surface area (Å²) in [7, 11) is 2.02. The van der Waals surface area contributed by atoms with Crippen molar-refractivity contribution in [1.29, 1.82) is 0 Å². The fourth-order valence-corrected chi connectivity index (χ4v) is 2.32. The van der Waals surface area contributed by atoms with E-state index < -0.39 is 0 Å². The highest BCUT2D eigenvalue weighted by atomic mass is 16.5. The third-order valence-corrected chi connectivity index (χ3v) is 3.46. The molecule has 1 saturated heterocycles. The summed E-state index contributed by atoms with van der Waals surface area (Å²) in [5.41, 5.74) is 5.76. The molecule has 5 nitrogen and oxygen atoms in total. The fraction of sp³-hybridized carbons (Fsp3) is 0.923. The number of ether oxygens (including phenoxy) is 1. The van der Waals surface area contributed by atoms with E-state index in [9.17, 15) is 4.79 Å². The Morgan fingerprint density at radius 3 is 2.89 bits per heavy atom. The predicted octanol–water partition coefficient (Wildman–Crippen LogP) is 0.341. The standard InChI is InChI=1S/C13H27N3O2/c1-3-15-13(17)8-11(9-14)16(2)10-12-6-4-5-7-18-12/h11-12H,3-10,14H2,1-2H3,(H,15,17). The van der Waals surface area contributed by atoms with Crippen LogP contribution in [0.1, 0.15) is 32.6 Å². The largest absolute Gasteiger partial charge is 0.377 e. The number of nitrogens with two attached hydrogens (primary N) is 1. The monoisotopic (exact) mass is 257 g/mol. The van der Waals surface area contributed by atoms with Gasteiger partial charge in [0.25, 0.3) is 0 Å². The van der Waals surface area contributed by atoms with Gasteiger partial charge in [0.05, 0.1) is 6.10 Å². The number of likely N-dealkylation sites (N-methyl/N-ethyl adjacent to an activating group) is 1. The average Bonchev–Trinajstić information content (AvgIpc) is 2.37. The highest BCUT2D eigenvalue weighted by molar-refractivity contribution is 5.76. The first kappa shape index (κ1) is 15.4. The molecule has 0 spiro atoms. The SMILES string of the molecule is CCNC(=O)CC(CN)N(C)CC1CCCCO1. The first-order valence-corrected chi connectivity index (χ1v) is 6.96. The summed E-state index contributed by atoms with van der Waals surface area (Å²) >= 11 is 0. The normalized spacial score (nSPS) is 21.9. The van der Waals surface area contributed by atoms with Crippen LogP contribution in [0.5, 0.6) is 0 Å². The lowest BCUT2D eigenvalue weighted by molar-refractivity contribution is -0.122. The summed E-state index contributed by atoms with van der Waals surface area (Å²) in [6.07, 6.45) is 4.28. The fourth-order valence-electron chi connectivity index (χ4n) is 2.32. The van der Waals surface area contributed by atoms with Crippen molar-refractivity contribution in [2.45, 2.75) is 44.8 Å². The first-order chi connectivity index (χ1) is 8.67. The minimum Gasteiger partial charge on any atom is -0.377 e. The lowest BCUT2D eigenvalue weighted by Crippen LogP contribution is -2.45. The molecular formula is C13H27N3O2. The van der Waals surface area contributed by atoms with E-state index in [1.54, 1.807) is 0 Å². The van der Waals surface area contributed by atoms with Gasteiger partial charge in [-0.2, -0.15) is 0 Å². The maximum Gasteiger partial charge on any atom is 0.221 e. The molecule has 1 amide bonds. The quantitative estimate of drug-likeness (QED) is 0.690. The van der Waals surface area contributed by atoms with E-state index in [-0.39, 0.29) is 11.9 Å². The van der Waals surface area contributed by atoms with E-state index in [0.29, 0.717) is 25.6 Å². The van der Waals surface area contributed by atoms with Crippen LogP contribution >= 0.6 is 0 Å². The lowest BCUT2D eigenvalue weighted by Gasteiger charge is -2.32. The van der Waals surface area contributed by atoms with Gasteiger partial charge < -0.3 is 15.8 Å². The zero-order chi connectivity index (χ0) is 13.4. The molecule has 1 heterocycles. The predicted molar refractivity (Wildman–Crippen MR) is 72.4 cm³/mol. The molecule has 0 aliphatic carbocycles. The van der Waals surface area contributed by atoms with Gasteiger partial charge in [-0.3, -0.25) is 9.69 Å². The minimum absolute atomic E-state index is 0.0735. The lowest BCUT2D eigenvalue weighted by atomic mass is 10.1. The Balaban J connectivity index is 2.35. The maximum absolute atomic E-state index is 11.6. The van der Waals surface area contributed by atoms with Crippen LogP contribution in [0.25, 0.3) is 0 Å². The number of nitrogens with one attached hydrogen (secondary N) is 1. The molecule has 0 saturated carbocycles. The van der Waals surface area contributed by atoms with E-state index in [0.717, 1.165) is 19.6 Å².